The SMILES string of the molecule is CCc1ccc(CCNC(=O)Cc2ccc(N)cc2)cc1.Cl. The molecule has 0 unspecified atom stereocenters. The molecule has 0 bridgehead atoms. The predicted octanol–water partition coefficient (Wildman–Crippen LogP) is 3.15. The summed E-state index contributed by atoms with van der Waals surface area (Å²) in [5.74, 6) is 0.0462. The minimum Gasteiger partial charge on any atom is -0.399 e. The van der Waals surface area contributed by atoms with Crippen molar-refractivity contribution >= 4 is 24.0 Å². The van der Waals surface area contributed by atoms with Gasteiger partial charge in [0.15, 0.2) is 0 Å². The zero-order valence-corrected chi connectivity index (χ0v) is 13.7. The second-order valence-corrected chi connectivity index (χ2v) is 5.19. The van der Waals surface area contributed by atoms with Gasteiger partial charge in [-0.2, -0.15) is 0 Å². The van der Waals surface area contributed by atoms with Gasteiger partial charge in [0, 0.05) is 12.2 Å². The Morgan fingerprint density at radius 2 is 1.50 bits per heavy atom. The van der Waals surface area contributed by atoms with E-state index in [2.05, 4.69) is 36.5 Å². The van der Waals surface area contributed by atoms with Crippen molar-refractivity contribution in [1.29, 1.82) is 0 Å². The van der Waals surface area contributed by atoms with E-state index < -0.39 is 0 Å². The minimum atomic E-state index is 0. The number of nitrogen functional groups attached to an aromatic ring is 1. The molecule has 0 heterocycles. The fourth-order valence-electron chi connectivity index (χ4n) is 2.17. The highest BCUT2D eigenvalue weighted by molar-refractivity contribution is 5.85. The lowest BCUT2D eigenvalue weighted by Gasteiger charge is -2.06. The molecule has 0 aromatic heterocycles. The van der Waals surface area contributed by atoms with Gasteiger partial charge in [-0.05, 0) is 41.7 Å². The smallest absolute Gasteiger partial charge is 0.224 e. The van der Waals surface area contributed by atoms with E-state index in [4.69, 9.17) is 5.73 Å². The highest BCUT2D eigenvalue weighted by atomic mass is 35.5. The number of aryl methyl sites for hydroxylation is 1. The van der Waals surface area contributed by atoms with Crippen LogP contribution < -0.4 is 11.1 Å². The number of nitrogens with two attached hydrogens (primary N) is 1. The van der Waals surface area contributed by atoms with Gasteiger partial charge in [-0.1, -0.05) is 43.3 Å². The number of hydrogen-bond acceptors (Lipinski definition) is 2. The van der Waals surface area contributed by atoms with Crippen LogP contribution in [0, 0.1) is 0 Å². The first-order valence-corrected chi connectivity index (χ1v) is 7.36. The molecule has 0 aliphatic rings. The normalized spacial score (nSPS) is 9.86. The van der Waals surface area contributed by atoms with Crippen LogP contribution in [-0.4, -0.2) is 12.5 Å². The van der Waals surface area contributed by atoms with E-state index in [1.165, 1.54) is 11.1 Å². The first-order valence-electron chi connectivity index (χ1n) is 7.36. The van der Waals surface area contributed by atoms with Crippen molar-refractivity contribution in [1.82, 2.24) is 5.32 Å². The molecule has 0 fully saturated rings. The van der Waals surface area contributed by atoms with Crippen molar-refractivity contribution in [2.24, 2.45) is 0 Å². The topological polar surface area (TPSA) is 55.1 Å². The van der Waals surface area contributed by atoms with E-state index in [0.717, 1.165) is 24.1 Å². The monoisotopic (exact) mass is 318 g/mol. The van der Waals surface area contributed by atoms with Crippen LogP contribution in [0.2, 0.25) is 0 Å². The summed E-state index contributed by atoms with van der Waals surface area (Å²) in [7, 11) is 0. The number of halogens is 1. The summed E-state index contributed by atoms with van der Waals surface area (Å²) >= 11 is 0. The van der Waals surface area contributed by atoms with Gasteiger partial charge < -0.3 is 11.1 Å². The van der Waals surface area contributed by atoms with Crippen molar-refractivity contribution in [3.8, 4) is 0 Å². The molecular formula is C18H23ClN2O. The summed E-state index contributed by atoms with van der Waals surface area (Å²) in [6.45, 7) is 2.81. The number of benzene rings is 2. The van der Waals surface area contributed by atoms with Crippen molar-refractivity contribution < 1.29 is 4.79 Å². The zero-order chi connectivity index (χ0) is 15.1. The molecule has 0 spiro atoms. The van der Waals surface area contributed by atoms with E-state index in [1.807, 2.05) is 24.3 Å². The van der Waals surface area contributed by atoms with Crippen molar-refractivity contribution in [2.75, 3.05) is 12.3 Å². The predicted molar refractivity (Wildman–Crippen MR) is 94.3 cm³/mol. The summed E-state index contributed by atoms with van der Waals surface area (Å²) in [5.41, 5.74) is 9.91. The molecule has 0 aliphatic heterocycles. The summed E-state index contributed by atoms with van der Waals surface area (Å²) in [4.78, 5) is 11.8. The van der Waals surface area contributed by atoms with Crippen LogP contribution in [0.4, 0.5) is 5.69 Å². The Hall–Kier alpha value is -2.00. The van der Waals surface area contributed by atoms with Crippen LogP contribution in [0.5, 0.6) is 0 Å². The molecule has 0 saturated heterocycles. The molecule has 1 amide bonds. The van der Waals surface area contributed by atoms with Crippen LogP contribution in [0.1, 0.15) is 23.6 Å². The molecule has 3 nitrogen and oxygen atoms in total. The molecule has 2 aromatic carbocycles. The minimum absolute atomic E-state index is 0. The Morgan fingerprint density at radius 3 is 2.09 bits per heavy atom. The number of carbonyl (C=O) groups is 1. The van der Waals surface area contributed by atoms with Crippen molar-refractivity contribution in [3.63, 3.8) is 0 Å². The lowest BCUT2D eigenvalue weighted by atomic mass is 10.1. The van der Waals surface area contributed by atoms with E-state index in [-0.39, 0.29) is 18.3 Å². The maximum absolute atomic E-state index is 11.8. The third kappa shape index (κ3) is 5.78. The number of amides is 1. The molecule has 0 atom stereocenters. The summed E-state index contributed by atoms with van der Waals surface area (Å²) < 4.78 is 0. The molecule has 118 valence electrons. The Morgan fingerprint density at radius 1 is 0.955 bits per heavy atom. The molecule has 0 radical (unpaired) electrons. The average Bonchev–Trinajstić information content (AvgIpc) is 2.50. The zero-order valence-electron chi connectivity index (χ0n) is 12.8. The highest BCUT2D eigenvalue weighted by Crippen LogP contribution is 2.07. The van der Waals surface area contributed by atoms with Gasteiger partial charge in [-0.3, -0.25) is 4.79 Å². The largest absolute Gasteiger partial charge is 0.399 e. The fraction of sp³-hybridized carbons (Fsp3) is 0.278. The maximum Gasteiger partial charge on any atom is 0.224 e. The van der Waals surface area contributed by atoms with E-state index in [0.29, 0.717) is 13.0 Å². The van der Waals surface area contributed by atoms with E-state index >= 15 is 0 Å². The first kappa shape index (κ1) is 18.1. The van der Waals surface area contributed by atoms with Crippen LogP contribution >= 0.6 is 12.4 Å². The standard InChI is InChI=1S/C18H22N2O.ClH/c1-2-14-3-5-15(6-4-14)11-12-20-18(21)13-16-7-9-17(19)10-8-16;/h3-10H,2,11-13,19H2,1H3,(H,20,21);1H. The number of rotatable bonds is 6. The van der Waals surface area contributed by atoms with Gasteiger partial charge in [0.25, 0.3) is 0 Å². The lowest BCUT2D eigenvalue weighted by Crippen LogP contribution is -2.27. The highest BCUT2D eigenvalue weighted by Gasteiger charge is 2.03. The van der Waals surface area contributed by atoms with Gasteiger partial charge in [-0.15, -0.1) is 12.4 Å². The molecule has 2 aromatic rings. The third-order valence-electron chi connectivity index (χ3n) is 3.51. The van der Waals surface area contributed by atoms with Crippen LogP contribution in [-0.2, 0) is 24.1 Å². The van der Waals surface area contributed by atoms with Crippen molar-refractivity contribution in [2.45, 2.75) is 26.2 Å². The van der Waals surface area contributed by atoms with Gasteiger partial charge in [0.2, 0.25) is 5.91 Å². The van der Waals surface area contributed by atoms with Gasteiger partial charge in [-0.25, -0.2) is 0 Å². The van der Waals surface area contributed by atoms with Crippen LogP contribution in [0.15, 0.2) is 48.5 Å². The van der Waals surface area contributed by atoms with E-state index in [9.17, 15) is 4.79 Å². The number of anilines is 1. The van der Waals surface area contributed by atoms with Gasteiger partial charge in [0.05, 0.1) is 6.42 Å². The lowest BCUT2D eigenvalue weighted by molar-refractivity contribution is -0.120. The quantitative estimate of drug-likeness (QED) is 0.804. The summed E-state index contributed by atoms with van der Waals surface area (Å²) in [6.07, 6.45) is 2.31. The van der Waals surface area contributed by atoms with E-state index in [1.54, 1.807) is 0 Å². The molecule has 3 N–H and O–H groups in total. The molecule has 2 rings (SSSR count). The van der Waals surface area contributed by atoms with Crippen LogP contribution in [0.25, 0.3) is 0 Å². The Labute approximate surface area is 138 Å². The average molecular weight is 319 g/mol. The number of hydrogen-bond donors (Lipinski definition) is 2. The maximum atomic E-state index is 11.8. The second-order valence-electron chi connectivity index (χ2n) is 5.19. The molecule has 0 saturated carbocycles. The van der Waals surface area contributed by atoms with Gasteiger partial charge in [0.1, 0.15) is 0 Å². The molecule has 22 heavy (non-hydrogen) atoms. The third-order valence-corrected chi connectivity index (χ3v) is 3.51. The summed E-state index contributed by atoms with van der Waals surface area (Å²) in [6, 6.07) is 16.0. The number of carbonyl (C=O) groups excluding carboxylic acids is 1. The molecule has 4 heteroatoms. The Bertz CT molecular complexity index is 579. The summed E-state index contributed by atoms with van der Waals surface area (Å²) in [5, 5.41) is 2.95. The molecule has 0 aliphatic carbocycles. The fourth-order valence-corrected chi connectivity index (χ4v) is 2.17. The first-order chi connectivity index (χ1) is 10.2. The van der Waals surface area contributed by atoms with Crippen LogP contribution in [0.3, 0.4) is 0 Å². The number of nitrogens with one attached hydrogen (secondary N) is 1. The Balaban J connectivity index is 0.00000242. The van der Waals surface area contributed by atoms with Gasteiger partial charge >= 0.3 is 0 Å². The second kappa shape index (κ2) is 9.11. The Kier molecular flexibility index (Phi) is 7.47. The van der Waals surface area contributed by atoms with Crippen molar-refractivity contribution in [3.05, 3.63) is 65.2 Å². The molecular weight excluding hydrogens is 296 g/mol.